The number of hydrogen-bond acceptors (Lipinski definition) is 9. The minimum Gasteiger partial charge on any atom is -0.480 e. The molecule has 0 fully saturated rings. The summed E-state index contributed by atoms with van der Waals surface area (Å²) in [6.45, 7) is 8.21. The van der Waals surface area contributed by atoms with Crippen LogP contribution in [0.1, 0.15) is 45.9 Å². The van der Waals surface area contributed by atoms with Gasteiger partial charge in [-0.15, -0.1) is 0 Å². The zero-order valence-corrected chi connectivity index (χ0v) is 33.7. The molecule has 2 atom stereocenters. The van der Waals surface area contributed by atoms with E-state index in [-0.39, 0.29) is 17.1 Å². The molecule has 0 unspecified atom stereocenters. The summed E-state index contributed by atoms with van der Waals surface area (Å²) in [6, 6.07) is 20.7. The van der Waals surface area contributed by atoms with E-state index in [4.69, 9.17) is 13.9 Å². The number of nitrogens with one attached hydrogen (secondary N) is 1. The number of amides is 1. The van der Waals surface area contributed by atoms with Crippen LogP contribution >= 0.6 is 21.6 Å². The molecule has 16 heteroatoms. The van der Waals surface area contributed by atoms with E-state index in [9.17, 15) is 18.0 Å². The first-order valence-electron chi connectivity index (χ1n) is 17.1. The molecule has 0 spiro atoms. The van der Waals surface area contributed by atoms with Crippen LogP contribution in [-0.2, 0) is 18.7 Å². The van der Waals surface area contributed by atoms with E-state index in [1.54, 1.807) is 48.9 Å². The average Bonchev–Trinajstić information content (AvgIpc) is 3.70. The van der Waals surface area contributed by atoms with E-state index in [1.165, 1.54) is 6.33 Å². The molecule has 286 valence electrons. The van der Waals surface area contributed by atoms with Crippen LogP contribution in [0, 0.1) is 11.8 Å². The van der Waals surface area contributed by atoms with Crippen molar-refractivity contribution in [1.29, 1.82) is 0 Å². The summed E-state index contributed by atoms with van der Waals surface area (Å²) >= 11 is 0. The highest BCUT2D eigenvalue weighted by molar-refractivity contribution is 8.76. The molecule has 1 aliphatic rings. The van der Waals surface area contributed by atoms with Gasteiger partial charge in [0.05, 0.1) is 36.9 Å². The summed E-state index contributed by atoms with van der Waals surface area (Å²) in [5, 5.41) is 4.23. The summed E-state index contributed by atoms with van der Waals surface area (Å²) < 4.78 is 60.7. The van der Waals surface area contributed by atoms with Crippen LogP contribution in [0.4, 0.5) is 19.0 Å². The molecule has 10 nitrogen and oxygen atoms in total. The Balaban J connectivity index is 1.55. The molecule has 0 bridgehead atoms. The van der Waals surface area contributed by atoms with E-state index in [2.05, 4.69) is 71.8 Å². The third kappa shape index (κ3) is 9.26. The van der Waals surface area contributed by atoms with Crippen LogP contribution in [-0.4, -0.2) is 85.1 Å². The molecule has 54 heavy (non-hydrogen) atoms. The number of aliphatic imine (C=N–C) groups is 1. The number of rotatable bonds is 13. The maximum atomic E-state index is 12.8. The van der Waals surface area contributed by atoms with Gasteiger partial charge in [0.25, 0.3) is 8.32 Å². The van der Waals surface area contributed by atoms with Crippen LogP contribution < -0.4 is 15.7 Å². The van der Waals surface area contributed by atoms with Gasteiger partial charge < -0.3 is 24.1 Å². The molecule has 1 N–H and O–H groups in total. The van der Waals surface area contributed by atoms with Gasteiger partial charge in [0, 0.05) is 20.3 Å². The number of benzene rings is 2. The summed E-state index contributed by atoms with van der Waals surface area (Å²) in [5.41, 5.74) is 0.640. The molecule has 3 heterocycles. The highest BCUT2D eigenvalue weighted by Gasteiger charge is 2.51. The van der Waals surface area contributed by atoms with Crippen LogP contribution in [0.2, 0.25) is 5.04 Å². The molecular weight excluding hydrogens is 754 g/mol. The van der Waals surface area contributed by atoms with Gasteiger partial charge in [-0.1, -0.05) is 115 Å². The van der Waals surface area contributed by atoms with Gasteiger partial charge >= 0.3 is 12.1 Å². The van der Waals surface area contributed by atoms with Crippen molar-refractivity contribution in [1.82, 2.24) is 24.8 Å². The van der Waals surface area contributed by atoms with Crippen molar-refractivity contribution in [3.05, 3.63) is 90.3 Å². The first kappa shape index (κ1) is 40.7. The second-order valence-electron chi connectivity index (χ2n) is 13.6. The Kier molecular flexibility index (Phi) is 13.1. The lowest BCUT2D eigenvalue weighted by Gasteiger charge is -2.43. The third-order valence-corrected chi connectivity index (χ3v) is 15.4. The van der Waals surface area contributed by atoms with E-state index >= 15 is 0 Å². The number of nitrogens with zero attached hydrogens (tertiary/aromatic N) is 5. The number of hydrogen-bond donors (Lipinski definition) is 1. The van der Waals surface area contributed by atoms with Gasteiger partial charge in [0.15, 0.2) is 23.2 Å². The number of fused-ring (bicyclic) bond motifs is 1. The van der Waals surface area contributed by atoms with E-state index in [0.717, 1.165) is 10.4 Å². The molecule has 2 aromatic heterocycles. The molecule has 1 amide bonds. The number of carbonyl (C=O) groups excluding carboxylic acids is 1. The molecule has 0 saturated heterocycles. The van der Waals surface area contributed by atoms with Crippen LogP contribution in [0.5, 0.6) is 0 Å². The molecule has 0 aliphatic carbocycles. The molecule has 0 radical (unpaired) electrons. The minimum atomic E-state index is -5.02. The fourth-order valence-corrected chi connectivity index (χ4v) is 12.1. The highest BCUT2D eigenvalue weighted by atomic mass is 33.1. The molecule has 0 saturated carbocycles. The monoisotopic (exact) mass is 796 g/mol. The second-order valence-corrected chi connectivity index (χ2v) is 20.6. The Morgan fingerprint density at radius 2 is 1.78 bits per heavy atom. The lowest BCUT2D eigenvalue weighted by atomic mass is 10.2. The quantitative estimate of drug-likeness (QED) is 0.0393. The third-order valence-electron chi connectivity index (χ3n) is 8.45. The number of ether oxygens (including phenoxy) is 2. The van der Waals surface area contributed by atoms with Crippen LogP contribution in [0.25, 0.3) is 11.0 Å². The van der Waals surface area contributed by atoms with Crippen LogP contribution in [0.15, 0.2) is 89.7 Å². The van der Waals surface area contributed by atoms with Crippen molar-refractivity contribution in [3.8, 4) is 11.8 Å². The van der Waals surface area contributed by atoms with Crippen molar-refractivity contribution in [2.45, 2.75) is 57.0 Å². The first-order chi connectivity index (χ1) is 25.7. The number of halogens is 3. The maximum absolute atomic E-state index is 12.8. The summed E-state index contributed by atoms with van der Waals surface area (Å²) in [6.07, 6.45) is 1.32. The predicted molar refractivity (Wildman–Crippen MR) is 212 cm³/mol. The Labute approximate surface area is 322 Å². The molecule has 5 rings (SSSR count). The fraction of sp³-hybridized carbons (Fsp3) is 0.368. The topological polar surface area (TPSA) is 103 Å². The zero-order chi connectivity index (χ0) is 39.1. The predicted octanol–water partition coefficient (Wildman–Crippen LogP) is 6.76. The Morgan fingerprint density at radius 1 is 1.13 bits per heavy atom. The SMILES string of the molecule is CSS[C@H](C)OC1=C(CO[Si](c2ccccc2)(c2ccccc2)C(C)(C)C)O[C@@H](n2cc(C#CCNC(=O)C(F)(F)F)c3c(/N=C/N(C)C)ncnc32)C1. The first-order valence-corrected chi connectivity index (χ1v) is 21.6. The van der Waals surface area contributed by atoms with Crippen molar-refractivity contribution in [3.63, 3.8) is 0 Å². The summed E-state index contributed by atoms with van der Waals surface area (Å²) in [4.78, 5) is 26.6. The maximum Gasteiger partial charge on any atom is 0.471 e. The van der Waals surface area contributed by atoms with Crippen molar-refractivity contribution in [2.75, 3.05) is 33.5 Å². The average molecular weight is 797 g/mol. The molecule has 1 aliphatic heterocycles. The lowest BCUT2D eigenvalue weighted by Crippen LogP contribution is -2.66. The van der Waals surface area contributed by atoms with E-state index < -0.39 is 33.2 Å². The van der Waals surface area contributed by atoms with Gasteiger partial charge in [-0.25, -0.2) is 15.0 Å². The second kappa shape index (κ2) is 17.4. The van der Waals surface area contributed by atoms with Gasteiger partial charge in [0.2, 0.25) is 0 Å². The van der Waals surface area contributed by atoms with Crippen molar-refractivity contribution >= 4 is 69.4 Å². The standard InChI is InChI=1S/C38H43F3N6O4S2Si/c1-26(53-52-7)50-30-21-32(51-31(30)23-49-54(37(2,3)4,28-16-10-8-11-17-28)29-18-12-9-13-19-29)47-22-27(15-14-20-42-36(48)38(39,40)41)33-34(45-25-46(5)6)43-24-44-35(33)47/h8-13,16-19,22,24-26,32H,20-21,23H2,1-7H3,(H,42,48)/b45-25+/t26-,32-/m1/s1. The Hall–Kier alpha value is -4.43. The van der Waals surface area contributed by atoms with Gasteiger partial charge in [0.1, 0.15) is 17.7 Å². The van der Waals surface area contributed by atoms with Gasteiger partial charge in [-0.2, -0.15) is 13.2 Å². The van der Waals surface area contributed by atoms with Crippen molar-refractivity contribution < 1.29 is 31.9 Å². The Bertz CT molecular complexity index is 2000. The van der Waals surface area contributed by atoms with Gasteiger partial charge in [-0.05, 0) is 28.6 Å². The van der Waals surface area contributed by atoms with Gasteiger partial charge in [-0.3, -0.25) is 9.36 Å². The smallest absolute Gasteiger partial charge is 0.471 e. The van der Waals surface area contributed by atoms with E-state index in [0.29, 0.717) is 40.4 Å². The summed E-state index contributed by atoms with van der Waals surface area (Å²) in [5.74, 6) is 4.93. The Morgan fingerprint density at radius 3 is 2.35 bits per heavy atom. The minimum absolute atomic E-state index is 0.133. The fourth-order valence-electron chi connectivity index (χ4n) is 6.23. The molecule has 2 aromatic carbocycles. The highest BCUT2D eigenvalue weighted by Crippen LogP contribution is 2.42. The molecular formula is C38H43F3N6O4S2Si. The van der Waals surface area contributed by atoms with Crippen LogP contribution in [0.3, 0.4) is 0 Å². The summed E-state index contributed by atoms with van der Waals surface area (Å²) in [7, 11) is 3.84. The number of alkyl halides is 3. The van der Waals surface area contributed by atoms with E-state index in [1.807, 2.05) is 63.7 Å². The normalized spacial score (nSPS) is 15.6. The van der Waals surface area contributed by atoms with Crippen molar-refractivity contribution in [2.24, 2.45) is 4.99 Å². The number of aromatic nitrogens is 3. The molecule has 4 aromatic rings. The zero-order valence-electron chi connectivity index (χ0n) is 31.1. The number of carbonyl (C=O) groups is 1. The lowest BCUT2D eigenvalue weighted by molar-refractivity contribution is -0.173. The largest absolute Gasteiger partial charge is 0.480 e.